The fraction of sp³-hybridized carbons (Fsp3) is 0.545. The van der Waals surface area contributed by atoms with Crippen LogP contribution in [0.2, 0.25) is 0 Å². The van der Waals surface area contributed by atoms with Crippen LogP contribution in [0.5, 0.6) is 0 Å². The van der Waals surface area contributed by atoms with Crippen molar-refractivity contribution >= 4 is 23.5 Å². The van der Waals surface area contributed by atoms with Crippen molar-refractivity contribution in [3.8, 4) is 0 Å². The van der Waals surface area contributed by atoms with Crippen LogP contribution in [0.1, 0.15) is 76.7 Å². The molecule has 0 N–H and O–H groups in total. The summed E-state index contributed by atoms with van der Waals surface area (Å²) < 4.78 is 5.09. The number of esters is 1. The van der Waals surface area contributed by atoms with Crippen molar-refractivity contribution in [3.05, 3.63) is 46.0 Å². The van der Waals surface area contributed by atoms with E-state index in [1.165, 1.54) is 62.8 Å². The molecule has 0 aliphatic carbocycles. The number of non-ortho nitro benzene ring substituents is 1. The number of nitro groups is 1. The summed E-state index contributed by atoms with van der Waals surface area (Å²) in [5.41, 5.74) is 0.487. The van der Waals surface area contributed by atoms with E-state index in [0.717, 1.165) is 19.3 Å². The third kappa shape index (κ3) is 11.3. The van der Waals surface area contributed by atoms with Crippen LogP contribution >= 0.6 is 0 Å². The molecule has 0 heterocycles. The van der Waals surface area contributed by atoms with E-state index in [1.54, 1.807) is 12.1 Å². The van der Waals surface area contributed by atoms with Gasteiger partial charge in [0, 0.05) is 12.1 Å². The van der Waals surface area contributed by atoms with E-state index in [1.807, 2.05) is 0 Å². The van der Waals surface area contributed by atoms with Gasteiger partial charge in [-0.15, -0.1) is 0 Å². The zero-order chi connectivity index (χ0) is 20.6. The molecule has 1 aromatic rings. The third-order valence-corrected chi connectivity index (χ3v) is 4.37. The van der Waals surface area contributed by atoms with E-state index >= 15 is 0 Å². The van der Waals surface area contributed by atoms with E-state index in [9.17, 15) is 19.7 Å². The predicted molar refractivity (Wildman–Crippen MR) is 110 cm³/mol. The molecule has 0 aliphatic heterocycles. The highest BCUT2D eigenvalue weighted by molar-refractivity contribution is 6.03. The SMILES string of the molecule is CCCCCCCCCCCOC(=O)CC(=O)C=Cc1cccc([N+](=O)[O-])c1. The molecule has 0 spiro atoms. The number of hydrogen-bond donors (Lipinski definition) is 0. The molecule has 0 saturated carbocycles. The molecule has 6 nitrogen and oxygen atoms in total. The number of ether oxygens (including phenoxy) is 1. The average molecular weight is 389 g/mol. The molecule has 0 fully saturated rings. The highest BCUT2D eigenvalue weighted by Crippen LogP contribution is 2.14. The molecule has 0 atom stereocenters. The van der Waals surface area contributed by atoms with Crippen molar-refractivity contribution in [2.75, 3.05) is 6.61 Å². The number of ketones is 1. The smallest absolute Gasteiger partial charge is 0.313 e. The second-order valence-electron chi connectivity index (χ2n) is 6.88. The second-order valence-corrected chi connectivity index (χ2v) is 6.88. The molecule has 1 rings (SSSR count). The van der Waals surface area contributed by atoms with Gasteiger partial charge in [-0.2, -0.15) is 0 Å². The molecular formula is C22H31NO5. The Morgan fingerprint density at radius 2 is 1.68 bits per heavy atom. The first-order valence-corrected chi connectivity index (χ1v) is 10.1. The quantitative estimate of drug-likeness (QED) is 0.0967. The maximum atomic E-state index is 11.8. The molecule has 0 amide bonds. The summed E-state index contributed by atoms with van der Waals surface area (Å²) in [5, 5.41) is 10.7. The van der Waals surface area contributed by atoms with Gasteiger partial charge in [0.2, 0.25) is 0 Å². The summed E-state index contributed by atoms with van der Waals surface area (Å²) in [6.45, 7) is 2.55. The number of rotatable bonds is 15. The molecule has 154 valence electrons. The number of benzene rings is 1. The Kier molecular flexibility index (Phi) is 12.2. The van der Waals surface area contributed by atoms with Crippen LogP contribution in [0.3, 0.4) is 0 Å². The highest BCUT2D eigenvalue weighted by Gasteiger charge is 2.09. The van der Waals surface area contributed by atoms with Crippen LogP contribution in [-0.4, -0.2) is 23.3 Å². The Balaban J connectivity index is 2.14. The number of unbranched alkanes of at least 4 members (excludes halogenated alkanes) is 8. The molecule has 0 unspecified atom stereocenters. The fourth-order valence-corrected chi connectivity index (χ4v) is 2.78. The maximum absolute atomic E-state index is 11.8. The number of allylic oxidation sites excluding steroid dienone is 1. The number of carbonyl (C=O) groups is 2. The standard InChI is InChI=1S/C22H31NO5/c1-2-3-4-5-6-7-8-9-10-16-28-22(25)18-21(24)15-14-19-12-11-13-20(17-19)23(26)27/h11-15,17H,2-10,16,18H2,1H3. The summed E-state index contributed by atoms with van der Waals surface area (Å²) in [7, 11) is 0. The summed E-state index contributed by atoms with van der Waals surface area (Å²) in [4.78, 5) is 33.7. The van der Waals surface area contributed by atoms with Crippen LogP contribution < -0.4 is 0 Å². The molecule has 6 heteroatoms. The monoisotopic (exact) mass is 389 g/mol. The van der Waals surface area contributed by atoms with Crippen molar-refractivity contribution in [3.63, 3.8) is 0 Å². The van der Waals surface area contributed by atoms with E-state index in [2.05, 4.69) is 6.92 Å². The molecule has 0 aromatic heterocycles. The topological polar surface area (TPSA) is 86.5 Å². The summed E-state index contributed by atoms with van der Waals surface area (Å²) in [6, 6.07) is 5.94. The molecular weight excluding hydrogens is 358 g/mol. The second kappa shape index (κ2) is 14.5. The van der Waals surface area contributed by atoms with Gasteiger partial charge in [-0.3, -0.25) is 19.7 Å². The van der Waals surface area contributed by atoms with Crippen LogP contribution in [0.4, 0.5) is 5.69 Å². The van der Waals surface area contributed by atoms with Gasteiger partial charge < -0.3 is 4.74 Å². The lowest BCUT2D eigenvalue weighted by molar-refractivity contribution is -0.384. The Labute approximate surface area is 167 Å². The predicted octanol–water partition coefficient (Wildman–Crippen LogP) is 5.64. The van der Waals surface area contributed by atoms with Crippen LogP contribution in [0.15, 0.2) is 30.3 Å². The lowest BCUT2D eigenvalue weighted by Gasteiger charge is -2.04. The number of nitro benzene ring substituents is 1. The minimum absolute atomic E-state index is 0.0463. The largest absolute Gasteiger partial charge is 0.465 e. The molecule has 0 saturated heterocycles. The van der Waals surface area contributed by atoms with Crippen LogP contribution in [0.25, 0.3) is 6.08 Å². The normalized spacial score (nSPS) is 10.9. The minimum atomic E-state index is -0.534. The molecule has 0 aliphatic rings. The lowest BCUT2D eigenvalue weighted by atomic mass is 10.1. The maximum Gasteiger partial charge on any atom is 0.313 e. The zero-order valence-corrected chi connectivity index (χ0v) is 16.7. The molecule has 0 radical (unpaired) electrons. The van der Waals surface area contributed by atoms with Gasteiger partial charge in [-0.05, 0) is 18.1 Å². The van der Waals surface area contributed by atoms with E-state index in [-0.39, 0.29) is 17.9 Å². The number of carbonyl (C=O) groups excluding carboxylic acids is 2. The van der Waals surface area contributed by atoms with Crippen LogP contribution in [-0.2, 0) is 14.3 Å². The number of nitrogens with zero attached hydrogens (tertiary/aromatic N) is 1. The van der Waals surface area contributed by atoms with Crippen molar-refractivity contribution in [2.24, 2.45) is 0 Å². The van der Waals surface area contributed by atoms with Crippen LogP contribution in [0, 0.1) is 10.1 Å². The van der Waals surface area contributed by atoms with Gasteiger partial charge in [0.05, 0.1) is 11.5 Å². The summed E-state index contributed by atoms with van der Waals surface area (Å²) >= 11 is 0. The van der Waals surface area contributed by atoms with E-state index < -0.39 is 10.9 Å². The van der Waals surface area contributed by atoms with E-state index in [4.69, 9.17) is 4.74 Å². The lowest BCUT2D eigenvalue weighted by Crippen LogP contribution is -2.10. The zero-order valence-electron chi connectivity index (χ0n) is 16.7. The Bertz CT molecular complexity index is 654. The minimum Gasteiger partial charge on any atom is -0.465 e. The van der Waals surface area contributed by atoms with Crippen molar-refractivity contribution < 1.29 is 19.2 Å². The molecule has 28 heavy (non-hydrogen) atoms. The first-order chi connectivity index (χ1) is 13.5. The third-order valence-electron chi connectivity index (χ3n) is 4.37. The van der Waals surface area contributed by atoms with E-state index in [0.29, 0.717) is 12.2 Å². The average Bonchev–Trinajstić information content (AvgIpc) is 2.68. The summed E-state index contributed by atoms with van der Waals surface area (Å²) in [5.74, 6) is -0.920. The molecule has 1 aromatic carbocycles. The van der Waals surface area contributed by atoms with Gasteiger partial charge >= 0.3 is 5.97 Å². The molecule has 0 bridgehead atoms. The Morgan fingerprint density at radius 1 is 1.04 bits per heavy atom. The van der Waals surface area contributed by atoms with Gasteiger partial charge in [0.15, 0.2) is 5.78 Å². The fourth-order valence-electron chi connectivity index (χ4n) is 2.78. The van der Waals surface area contributed by atoms with Crippen molar-refractivity contribution in [1.29, 1.82) is 0 Å². The van der Waals surface area contributed by atoms with Crippen molar-refractivity contribution in [1.82, 2.24) is 0 Å². The first kappa shape index (κ1) is 23.5. The van der Waals surface area contributed by atoms with Gasteiger partial charge in [0.1, 0.15) is 6.42 Å². The first-order valence-electron chi connectivity index (χ1n) is 10.1. The highest BCUT2D eigenvalue weighted by atomic mass is 16.6. The Morgan fingerprint density at radius 3 is 2.32 bits per heavy atom. The van der Waals surface area contributed by atoms with Crippen molar-refractivity contribution in [2.45, 2.75) is 71.1 Å². The summed E-state index contributed by atoms with van der Waals surface area (Å²) in [6.07, 6.45) is 13.1. The Hall–Kier alpha value is -2.50. The van der Waals surface area contributed by atoms with Gasteiger partial charge in [-0.1, -0.05) is 76.5 Å². The number of hydrogen-bond acceptors (Lipinski definition) is 5. The van der Waals surface area contributed by atoms with Gasteiger partial charge in [0.25, 0.3) is 5.69 Å². The van der Waals surface area contributed by atoms with Gasteiger partial charge in [-0.25, -0.2) is 0 Å².